The van der Waals surface area contributed by atoms with Gasteiger partial charge in [-0.25, -0.2) is 0 Å². The number of fused-ring (bicyclic) bond motifs is 1. The predicted molar refractivity (Wildman–Crippen MR) is 98.4 cm³/mol. The topological polar surface area (TPSA) is 85.1 Å². The molecule has 0 aliphatic heterocycles. The van der Waals surface area contributed by atoms with Crippen LogP contribution in [-0.4, -0.2) is 16.1 Å². The molecule has 7 heteroatoms. The molecular weight excluding hydrogens is 338 g/mol. The van der Waals surface area contributed by atoms with Crippen LogP contribution in [0.15, 0.2) is 27.4 Å². The molecule has 0 saturated carbocycles. The molecule has 0 aliphatic rings. The van der Waals surface area contributed by atoms with Gasteiger partial charge in [0.2, 0.25) is 5.13 Å². The minimum absolute atomic E-state index is 0.0354. The molecule has 1 N–H and O–H groups in total. The number of carbonyl (C=O) groups is 1. The molecule has 3 aromatic rings. The number of benzene rings is 1. The third-order valence-electron chi connectivity index (χ3n) is 3.91. The summed E-state index contributed by atoms with van der Waals surface area (Å²) in [5.41, 5.74) is 2.04. The van der Waals surface area contributed by atoms with Crippen molar-refractivity contribution in [3.05, 3.63) is 50.3 Å². The molecule has 6 nitrogen and oxygen atoms in total. The number of amides is 1. The van der Waals surface area contributed by atoms with Gasteiger partial charge in [0.05, 0.1) is 5.39 Å². The molecule has 25 heavy (non-hydrogen) atoms. The molecular formula is C18H19N3O3S. The Morgan fingerprint density at radius 1 is 1.28 bits per heavy atom. The van der Waals surface area contributed by atoms with E-state index in [9.17, 15) is 9.59 Å². The maximum atomic E-state index is 12.4. The lowest BCUT2D eigenvalue weighted by molar-refractivity contribution is 0.0997. The number of hydrogen-bond acceptors (Lipinski definition) is 6. The highest BCUT2D eigenvalue weighted by molar-refractivity contribution is 7.15. The van der Waals surface area contributed by atoms with E-state index < -0.39 is 5.91 Å². The first-order valence-electron chi connectivity index (χ1n) is 8.03. The summed E-state index contributed by atoms with van der Waals surface area (Å²) < 4.78 is 5.70. The van der Waals surface area contributed by atoms with Crippen LogP contribution in [0.25, 0.3) is 11.0 Å². The zero-order valence-electron chi connectivity index (χ0n) is 14.5. The number of nitrogens with zero attached hydrogens (tertiary/aromatic N) is 2. The van der Waals surface area contributed by atoms with E-state index in [1.807, 2.05) is 19.9 Å². The molecule has 0 fully saturated rings. The Balaban J connectivity index is 1.91. The van der Waals surface area contributed by atoms with Gasteiger partial charge in [0.1, 0.15) is 10.6 Å². The van der Waals surface area contributed by atoms with Gasteiger partial charge in [-0.3, -0.25) is 14.9 Å². The molecule has 2 aromatic heterocycles. The Morgan fingerprint density at radius 2 is 2.04 bits per heavy atom. The molecule has 0 aliphatic carbocycles. The number of rotatable bonds is 4. The van der Waals surface area contributed by atoms with Crippen molar-refractivity contribution < 1.29 is 9.21 Å². The highest BCUT2D eigenvalue weighted by Crippen LogP contribution is 2.22. The van der Waals surface area contributed by atoms with E-state index >= 15 is 0 Å². The first-order chi connectivity index (χ1) is 11.8. The van der Waals surface area contributed by atoms with Crippen LogP contribution in [0.3, 0.4) is 0 Å². The molecule has 0 saturated heterocycles. The summed E-state index contributed by atoms with van der Waals surface area (Å²) >= 11 is 1.32. The Labute approximate surface area is 148 Å². The second-order valence-corrected chi connectivity index (χ2v) is 7.47. The van der Waals surface area contributed by atoms with E-state index in [1.54, 1.807) is 6.07 Å². The summed E-state index contributed by atoms with van der Waals surface area (Å²) in [7, 11) is 0. The summed E-state index contributed by atoms with van der Waals surface area (Å²) in [4.78, 5) is 24.7. The highest BCUT2D eigenvalue weighted by atomic mass is 32.1. The van der Waals surface area contributed by atoms with E-state index in [0.29, 0.717) is 22.0 Å². The van der Waals surface area contributed by atoms with Crippen LogP contribution in [0.4, 0.5) is 5.13 Å². The van der Waals surface area contributed by atoms with Crippen molar-refractivity contribution in [2.75, 3.05) is 5.32 Å². The first-order valence-corrected chi connectivity index (χ1v) is 8.84. The van der Waals surface area contributed by atoms with Crippen LogP contribution in [0.1, 0.15) is 40.5 Å². The molecule has 130 valence electrons. The van der Waals surface area contributed by atoms with Crippen molar-refractivity contribution in [1.82, 2.24) is 10.2 Å². The van der Waals surface area contributed by atoms with Gasteiger partial charge in [0.15, 0.2) is 11.2 Å². The smallest absolute Gasteiger partial charge is 0.293 e. The Kier molecular flexibility index (Phi) is 4.67. The number of carbonyl (C=O) groups excluding carboxylic acids is 1. The van der Waals surface area contributed by atoms with Gasteiger partial charge >= 0.3 is 0 Å². The lowest BCUT2D eigenvalue weighted by atomic mass is 10.1. The quantitative estimate of drug-likeness (QED) is 0.769. The zero-order valence-corrected chi connectivity index (χ0v) is 15.4. The van der Waals surface area contributed by atoms with Crippen LogP contribution in [0.5, 0.6) is 0 Å². The predicted octanol–water partition coefficient (Wildman–Crippen LogP) is 3.71. The van der Waals surface area contributed by atoms with Gasteiger partial charge < -0.3 is 4.42 Å². The molecule has 0 spiro atoms. The van der Waals surface area contributed by atoms with Crippen molar-refractivity contribution in [1.29, 1.82) is 0 Å². The fraction of sp³-hybridized carbons (Fsp3) is 0.333. The fourth-order valence-corrected chi connectivity index (χ4v) is 3.41. The van der Waals surface area contributed by atoms with Crippen molar-refractivity contribution in [2.45, 2.75) is 34.1 Å². The SMILES string of the molecule is Cc1ccc2c(=O)cc(C(=O)Nc3nnc(CC(C)C)s3)oc2c1C. The van der Waals surface area contributed by atoms with Gasteiger partial charge in [-0.1, -0.05) is 31.3 Å². The molecule has 1 aromatic carbocycles. The number of aromatic nitrogens is 2. The number of hydrogen-bond donors (Lipinski definition) is 1. The molecule has 0 bridgehead atoms. The van der Waals surface area contributed by atoms with Crippen LogP contribution >= 0.6 is 11.3 Å². The Bertz CT molecular complexity index is 1000. The van der Waals surface area contributed by atoms with Crippen LogP contribution in [0, 0.1) is 19.8 Å². The van der Waals surface area contributed by atoms with Gasteiger partial charge in [-0.15, -0.1) is 10.2 Å². The Morgan fingerprint density at radius 3 is 2.76 bits per heavy atom. The molecule has 0 radical (unpaired) electrons. The molecule has 3 rings (SSSR count). The largest absolute Gasteiger partial charge is 0.450 e. The third-order valence-corrected chi connectivity index (χ3v) is 4.77. The molecule has 0 unspecified atom stereocenters. The van der Waals surface area contributed by atoms with Crippen molar-refractivity contribution >= 4 is 33.3 Å². The Hall–Kier alpha value is -2.54. The third kappa shape index (κ3) is 3.61. The second kappa shape index (κ2) is 6.76. The number of nitrogens with one attached hydrogen (secondary N) is 1. The zero-order chi connectivity index (χ0) is 18.1. The van der Waals surface area contributed by atoms with Crippen molar-refractivity contribution in [3.63, 3.8) is 0 Å². The van der Waals surface area contributed by atoms with E-state index in [4.69, 9.17) is 4.42 Å². The second-order valence-electron chi connectivity index (χ2n) is 6.41. The van der Waals surface area contributed by atoms with Crippen molar-refractivity contribution in [2.24, 2.45) is 5.92 Å². The minimum atomic E-state index is -0.507. The van der Waals surface area contributed by atoms with Crippen LogP contribution in [-0.2, 0) is 6.42 Å². The minimum Gasteiger partial charge on any atom is -0.450 e. The average molecular weight is 357 g/mol. The van der Waals surface area contributed by atoms with Gasteiger partial charge in [0, 0.05) is 12.5 Å². The van der Waals surface area contributed by atoms with Crippen LogP contribution in [0.2, 0.25) is 0 Å². The van der Waals surface area contributed by atoms with E-state index in [-0.39, 0.29) is 11.2 Å². The standard InChI is InChI=1S/C18H19N3O3S/c1-9(2)7-15-20-21-18(25-15)19-17(23)14-8-13(22)12-6-5-10(3)11(4)16(12)24-14/h5-6,8-9H,7H2,1-4H3,(H,19,21,23). The first kappa shape index (κ1) is 17.3. The number of anilines is 1. The van der Waals surface area contributed by atoms with E-state index in [0.717, 1.165) is 22.6 Å². The molecule has 1 amide bonds. The average Bonchev–Trinajstić information content (AvgIpc) is 2.97. The lowest BCUT2D eigenvalue weighted by Gasteiger charge is -2.06. The molecule has 2 heterocycles. The normalized spacial score (nSPS) is 11.2. The number of aryl methyl sites for hydroxylation is 2. The summed E-state index contributed by atoms with van der Waals surface area (Å²) in [5.74, 6) is -0.0832. The van der Waals surface area contributed by atoms with Gasteiger partial charge in [0.25, 0.3) is 5.91 Å². The van der Waals surface area contributed by atoms with Crippen molar-refractivity contribution in [3.8, 4) is 0 Å². The highest BCUT2D eigenvalue weighted by Gasteiger charge is 2.16. The lowest BCUT2D eigenvalue weighted by Crippen LogP contribution is -2.15. The van der Waals surface area contributed by atoms with E-state index in [2.05, 4.69) is 29.4 Å². The van der Waals surface area contributed by atoms with Gasteiger partial charge in [-0.05, 0) is 37.0 Å². The monoisotopic (exact) mass is 357 g/mol. The summed E-state index contributed by atoms with van der Waals surface area (Å²) in [5, 5.41) is 12.4. The molecule has 0 atom stereocenters. The summed E-state index contributed by atoms with van der Waals surface area (Å²) in [6.07, 6.45) is 0.803. The summed E-state index contributed by atoms with van der Waals surface area (Å²) in [6.45, 7) is 7.98. The summed E-state index contributed by atoms with van der Waals surface area (Å²) in [6, 6.07) is 4.79. The van der Waals surface area contributed by atoms with Crippen LogP contribution < -0.4 is 10.7 Å². The maximum Gasteiger partial charge on any atom is 0.293 e. The maximum absolute atomic E-state index is 12.4. The van der Waals surface area contributed by atoms with Gasteiger partial charge in [-0.2, -0.15) is 0 Å². The fourth-order valence-electron chi connectivity index (χ4n) is 2.46. The van der Waals surface area contributed by atoms with E-state index in [1.165, 1.54) is 17.4 Å².